The maximum absolute atomic E-state index is 12.5. The Morgan fingerprint density at radius 1 is 1.08 bits per heavy atom. The molecule has 26 heavy (non-hydrogen) atoms. The maximum atomic E-state index is 12.5. The second-order valence-electron chi connectivity index (χ2n) is 5.69. The van der Waals surface area contributed by atoms with Crippen LogP contribution < -0.4 is 4.72 Å². The monoisotopic (exact) mass is 388 g/mol. The number of carbonyl (C=O) groups excluding carboxylic acids is 1. The molecule has 2 heterocycles. The van der Waals surface area contributed by atoms with Gasteiger partial charge in [0.2, 0.25) is 0 Å². The van der Waals surface area contributed by atoms with E-state index in [2.05, 4.69) is 19.7 Å². The molecule has 1 N–H and O–H groups in total. The molecule has 1 aromatic carbocycles. The van der Waals surface area contributed by atoms with Gasteiger partial charge in [0, 0.05) is 12.4 Å². The van der Waals surface area contributed by atoms with E-state index in [0.717, 1.165) is 22.5 Å². The molecule has 9 heteroatoms. The Morgan fingerprint density at radius 3 is 2.42 bits per heavy atom. The Hall–Kier alpha value is -2.65. The van der Waals surface area contributed by atoms with Gasteiger partial charge in [0.25, 0.3) is 15.9 Å². The summed E-state index contributed by atoms with van der Waals surface area (Å²) < 4.78 is 27.1. The largest absolute Gasteiger partial charge is 0.277 e. The van der Waals surface area contributed by atoms with Crippen LogP contribution in [-0.2, 0) is 10.0 Å². The molecule has 0 saturated carbocycles. The summed E-state index contributed by atoms with van der Waals surface area (Å²) in [7, 11) is -3.97. The number of nitrogens with zero attached hydrogens (tertiary/aromatic N) is 3. The Balaban J connectivity index is 1.88. The van der Waals surface area contributed by atoms with Crippen LogP contribution in [0.25, 0.3) is 10.8 Å². The van der Waals surface area contributed by atoms with E-state index in [9.17, 15) is 13.2 Å². The minimum atomic E-state index is -3.97. The van der Waals surface area contributed by atoms with Crippen LogP contribution in [0.2, 0.25) is 0 Å². The van der Waals surface area contributed by atoms with Gasteiger partial charge < -0.3 is 0 Å². The lowest BCUT2D eigenvalue weighted by Gasteiger charge is -2.08. The third-order valence-electron chi connectivity index (χ3n) is 3.78. The average Bonchev–Trinajstić information content (AvgIpc) is 2.99. The molecule has 2 aromatic heterocycles. The van der Waals surface area contributed by atoms with E-state index in [1.807, 2.05) is 13.8 Å². The zero-order chi connectivity index (χ0) is 18.9. The summed E-state index contributed by atoms with van der Waals surface area (Å²) in [5.41, 5.74) is 2.23. The number of thiazole rings is 1. The molecule has 3 rings (SSSR count). The number of rotatable bonds is 4. The van der Waals surface area contributed by atoms with Gasteiger partial charge in [-0.05, 0) is 50.1 Å². The van der Waals surface area contributed by atoms with Crippen molar-refractivity contribution < 1.29 is 13.2 Å². The van der Waals surface area contributed by atoms with Gasteiger partial charge in [0.05, 0.1) is 10.6 Å². The lowest BCUT2D eigenvalue weighted by molar-refractivity contribution is 0.0984. The molecule has 1 amide bonds. The van der Waals surface area contributed by atoms with Gasteiger partial charge in [0.1, 0.15) is 4.88 Å². The molecule has 0 aliphatic heterocycles. The number of aryl methyl sites for hydroxylation is 3. The number of benzene rings is 1. The van der Waals surface area contributed by atoms with Crippen LogP contribution >= 0.6 is 11.3 Å². The molecule has 0 unspecified atom stereocenters. The first-order chi connectivity index (χ1) is 12.3. The number of hydrogen-bond acceptors (Lipinski definition) is 7. The maximum Gasteiger partial charge on any atom is 0.277 e. The first-order valence-electron chi connectivity index (χ1n) is 7.67. The molecule has 3 aromatic rings. The fraction of sp³-hybridized carbons (Fsp3) is 0.176. The van der Waals surface area contributed by atoms with Gasteiger partial charge in [-0.2, -0.15) is 0 Å². The SMILES string of the molecule is Cc1ccc(S(=O)(=O)NC(=O)c2sc(-c3ncccn3)nc2C)cc1C. The highest BCUT2D eigenvalue weighted by molar-refractivity contribution is 7.90. The first kappa shape index (κ1) is 18.2. The van der Waals surface area contributed by atoms with Crippen molar-refractivity contribution in [3.63, 3.8) is 0 Å². The summed E-state index contributed by atoms with van der Waals surface area (Å²) >= 11 is 1.05. The smallest absolute Gasteiger partial charge is 0.267 e. The molecule has 0 aliphatic rings. The van der Waals surface area contributed by atoms with Crippen molar-refractivity contribution in [3.05, 3.63) is 58.4 Å². The molecule has 0 radical (unpaired) electrons. The first-order valence-corrected chi connectivity index (χ1v) is 9.97. The number of amides is 1. The van der Waals surface area contributed by atoms with Crippen molar-refractivity contribution in [2.45, 2.75) is 25.7 Å². The van der Waals surface area contributed by atoms with Gasteiger partial charge in [-0.25, -0.2) is 28.1 Å². The second-order valence-corrected chi connectivity index (χ2v) is 8.37. The van der Waals surface area contributed by atoms with E-state index >= 15 is 0 Å². The summed E-state index contributed by atoms with van der Waals surface area (Å²) in [6.07, 6.45) is 3.14. The molecule has 0 saturated heterocycles. The highest BCUT2D eigenvalue weighted by Crippen LogP contribution is 2.25. The van der Waals surface area contributed by atoms with Gasteiger partial charge in [-0.15, -0.1) is 11.3 Å². The highest BCUT2D eigenvalue weighted by Gasteiger charge is 2.23. The van der Waals surface area contributed by atoms with Gasteiger partial charge in [-0.3, -0.25) is 4.79 Å². The molecule has 7 nitrogen and oxygen atoms in total. The van der Waals surface area contributed by atoms with Crippen molar-refractivity contribution >= 4 is 27.3 Å². The van der Waals surface area contributed by atoms with Crippen molar-refractivity contribution in [2.75, 3.05) is 0 Å². The Kier molecular flexibility index (Phi) is 4.84. The summed E-state index contributed by atoms with van der Waals surface area (Å²) in [4.78, 5) is 25.2. The predicted octanol–water partition coefficient (Wildman–Crippen LogP) is 2.64. The molecule has 0 atom stereocenters. The number of aromatic nitrogens is 3. The molecule has 134 valence electrons. The van der Waals surface area contributed by atoms with Crippen LogP contribution in [0.4, 0.5) is 0 Å². The topological polar surface area (TPSA) is 102 Å². The molecular formula is C17H16N4O3S2. The van der Waals surface area contributed by atoms with Crippen LogP contribution in [0.15, 0.2) is 41.6 Å². The van der Waals surface area contributed by atoms with Gasteiger partial charge in [0.15, 0.2) is 10.8 Å². The lowest BCUT2D eigenvalue weighted by Crippen LogP contribution is -2.30. The average molecular weight is 388 g/mol. The summed E-state index contributed by atoms with van der Waals surface area (Å²) in [5.74, 6) is -0.336. The minimum Gasteiger partial charge on any atom is -0.267 e. The van der Waals surface area contributed by atoms with Crippen LogP contribution in [0.5, 0.6) is 0 Å². The fourth-order valence-corrected chi connectivity index (χ4v) is 4.24. The normalized spacial score (nSPS) is 11.3. The van der Waals surface area contributed by atoms with Crippen molar-refractivity contribution in [1.82, 2.24) is 19.7 Å². The zero-order valence-corrected chi connectivity index (χ0v) is 16.0. The molecule has 0 fully saturated rings. The highest BCUT2D eigenvalue weighted by atomic mass is 32.2. The second kappa shape index (κ2) is 6.93. The lowest BCUT2D eigenvalue weighted by atomic mass is 10.1. The molecule has 0 bridgehead atoms. The third kappa shape index (κ3) is 3.63. The van der Waals surface area contributed by atoms with Crippen LogP contribution in [-0.4, -0.2) is 29.3 Å². The zero-order valence-electron chi connectivity index (χ0n) is 14.3. The van der Waals surface area contributed by atoms with Gasteiger partial charge in [-0.1, -0.05) is 6.07 Å². The van der Waals surface area contributed by atoms with E-state index < -0.39 is 15.9 Å². The number of nitrogens with one attached hydrogen (secondary N) is 1. The number of sulfonamides is 1. The van der Waals surface area contributed by atoms with Crippen molar-refractivity contribution in [3.8, 4) is 10.8 Å². The molecule has 0 aliphatic carbocycles. The minimum absolute atomic E-state index is 0.0442. The Morgan fingerprint density at radius 2 is 1.77 bits per heavy atom. The fourth-order valence-electron chi connectivity index (χ4n) is 2.22. The van der Waals surface area contributed by atoms with Crippen LogP contribution in [0, 0.1) is 20.8 Å². The summed E-state index contributed by atoms with van der Waals surface area (Å²) in [6.45, 7) is 5.34. The number of carbonyl (C=O) groups is 1. The quantitative estimate of drug-likeness (QED) is 0.737. The number of hydrogen-bond donors (Lipinski definition) is 1. The van der Waals surface area contributed by atoms with E-state index in [1.54, 1.807) is 31.5 Å². The Bertz CT molecular complexity index is 1080. The predicted molar refractivity (Wildman–Crippen MR) is 98.4 cm³/mol. The molecule has 0 spiro atoms. The Labute approximate surface area is 155 Å². The van der Waals surface area contributed by atoms with E-state index in [1.165, 1.54) is 12.1 Å². The van der Waals surface area contributed by atoms with Crippen LogP contribution in [0.1, 0.15) is 26.5 Å². The van der Waals surface area contributed by atoms with Crippen molar-refractivity contribution in [2.24, 2.45) is 0 Å². The van der Waals surface area contributed by atoms with E-state index in [0.29, 0.717) is 16.5 Å². The summed E-state index contributed by atoms with van der Waals surface area (Å²) in [6, 6.07) is 6.39. The third-order valence-corrected chi connectivity index (χ3v) is 6.26. The van der Waals surface area contributed by atoms with Crippen molar-refractivity contribution in [1.29, 1.82) is 0 Å². The standard InChI is InChI=1S/C17H16N4O3S2/c1-10-5-6-13(9-11(10)2)26(23,24)21-16(22)14-12(3)20-17(25-14)15-18-7-4-8-19-15/h4-9H,1-3H3,(H,21,22). The van der Waals surface area contributed by atoms with E-state index in [-0.39, 0.29) is 9.77 Å². The van der Waals surface area contributed by atoms with Crippen LogP contribution in [0.3, 0.4) is 0 Å². The molecular weight excluding hydrogens is 372 g/mol. The van der Waals surface area contributed by atoms with Gasteiger partial charge >= 0.3 is 0 Å². The van der Waals surface area contributed by atoms with E-state index in [4.69, 9.17) is 0 Å². The summed E-state index contributed by atoms with van der Waals surface area (Å²) in [5, 5.41) is 0.455.